The predicted octanol–water partition coefficient (Wildman–Crippen LogP) is 2.70. The number of ether oxygens (including phenoxy) is 1. The number of anilines is 1. The topological polar surface area (TPSA) is 45.1 Å². The van der Waals surface area contributed by atoms with Crippen LogP contribution in [-0.4, -0.2) is 49.5 Å². The quantitative estimate of drug-likeness (QED) is 0.853. The Morgan fingerprint density at radius 1 is 0.962 bits per heavy atom. The molecular formula is C21H23N3O2. The zero-order valence-electron chi connectivity index (χ0n) is 14.8. The first-order valence-corrected chi connectivity index (χ1v) is 9.14. The third-order valence-corrected chi connectivity index (χ3v) is 4.86. The minimum Gasteiger partial charge on any atom is -0.378 e. The number of amides is 1. The number of morpholine rings is 1. The van der Waals surface area contributed by atoms with Gasteiger partial charge >= 0.3 is 0 Å². The minimum absolute atomic E-state index is 0.0520. The minimum atomic E-state index is 0.0520. The number of hydrazone groups is 1. The number of rotatable bonds is 4. The van der Waals surface area contributed by atoms with E-state index >= 15 is 0 Å². The van der Waals surface area contributed by atoms with Crippen LogP contribution in [0.1, 0.15) is 17.5 Å². The van der Waals surface area contributed by atoms with Gasteiger partial charge in [-0.15, -0.1) is 0 Å². The molecule has 1 fully saturated rings. The summed E-state index contributed by atoms with van der Waals surface area (Å²) in [7, 11) is 0. The largest absolute Gasteiger partial charge is 0.378 e. The van der Waals surface area contributed by atoms with E-state index in [1.54, 1.807) is 5.01 Å². The van der Waals surface area contributed by atoms with Gasteiger partial charge in [0.2, 0.25) is 5.91 Å². The Labute approximate surface area is 153 Å². The summed E-state index contributed by atoms with van der Waals surface area (Å²) in [5.74, 6) is 0.0520. The van der Waals surface area contributed by atoms with Gasteiger partial charge in [-0.3, -0.25) is 4.79 Å². The van der Waals surface area contributed by atoms with Crippen LogP contribution in [0.5, 0.6) is 0 Å². The van der Waals surface area contributed by atoms with Gasteiger partial charge in [0.25, 0.3) is 0 Å². The predicted molar refractivity (Wildman–Crippen MR) is 102 cm³/mol. The molecule has 4 rings (SSSR count). The van der Waals surface area contributed by atoms with Crippen LogP contribution in [0.15, 0.2) is 59.7 Å². The molecule has 0 radical (unpaired) electrons. The summed E-state index contributed by atoms with van der Waals surface area (Å²) in [6, 6.07) is 18.3. The second kappa shape index (κ2) is 7.70. The second-order valence-corrected chi connectivity index (χ2v) is 6.62. The number of carbonyl (C=O) groups is 1. The molecule has 0 aromatic heterocycles. The normalized spacial score (nSPS) is 17.3. The summed E-state index contributed by atoms with van der Waals surface area (Å²) in [6.07, 6.45) is 1.20. The molecule has 5 heteroatoms. The van der Waals surface area contributed by atoms with Gasteiger partial charge in [0.05, 0.1) is 31.9 Å². The first kappa shape index (κ1) is 16.8. The van der Waals surface area contributed by atoms with E-state index in [1.807, 2.05) is 30.3 Å². The number of nitrogens with zero attached hydrogens (tertiary/aromatic N) is 3. The Kier molecular flexibility index (Phi) is 4.97. The van der Waals surface area contributed by atoms with Gasteiger partial charge in [0, 0.05) is 25.2 Å². The molecule has 0 atom stereocenters. The molecular weight excluding hydrogens is 326 g/mol. The van der Waals surface area contributed by atoms with Crippen LogP contribution in [0.2, 0.25) is 0 Å². The van der Waals surface area contributed by atoms with Crippen molar-refractivity contribution >= 4 is 17.3 Å². The van der Waals surface area contributed by atoms with Crippen molar-refractivity contribution in [3.8, 4) is 0 Å². The van der Waals surface area contributed by atoms with Gasteiger partial charge in [-0.1, -0.05) is 42.5 Å². The van der Waals surface area contributed by atoms with Crippen LogP contribution in [0.4, 0.5) is 5.69 Å². The highest BCUT2D eigenvalue weighted by molar-refractivity contribution is 6.03. The molecule has 2 heterocycles. The lowest BCUT2D eigenvalue weighted by atomic mass is 10.1. The summed E-state index contributed by atoms with van der Waals surface area (Å²) in [5.41, 5.74) is 4.32. The van der Waals surface area contributed by atoms with E-state index < -0.39 is 0 Å². The molecule has 2 aliphatic heterocycles. The smallest absolute Gasteiger partial charge is 0.247 e. The summed E-state index contributed by atoms with van der Waals surface area (Å²) >= 11 is 0. The molecule has 2 aromatic carbocycles. The van der Waals surface area contributed by atoms with Crippen LogP contribution in [0, 0.1) is 0 Å². The average Bonchev–Trinajstić information content (AvgIpc) is 3.20. The lowest BCUT2D eigenvalue weighted by molar-refractivity contribution is -0.130. The van der Waals surface area contributed by atoms with Crippen molar-refractivity contribution in [2.75, 3.05) is 37.7 Å². The van der Waals surface area contributed by atoms with Crippen molar-refractivity contribution in [3.63, 3.8) is 0 Å². The zero-order chi connectivity index (χ0) is 17.8. The molecule has 1 saturated heterocycles. The number of carbonyl (C=O) groups excluding carboxylic acids is 1. The standard InChI is InChI=1S/C21H23N3O2/c25-21(16-17-4-2-1-3-5-17)24-11-10-20(22-24)18-6-8-19(9-7-18)23-12-14-26-15-13-23/h1-9H,10-16H2. The number of hydrogen-bond acceptors (Lipinski definition) is 4. The van der Waals surface area contributed by atoms with Crippen molar-refractivity contribution in [2.45, 2.75) is 12.8 Å². The summed E-state index contributed by atoms with van der Waals surface area (Å²) in [6.45, 7) is 4.09. The van der Waals surface area contributed by atoms with Crippen LogP contribution in [0.25, 0.3) is 0 Å². The van der Waals surface area contributed by atoms with Crippen molar-refractivity contribution in [2.24, 2.45) is 5.10 Å². The Morgan fingerprint density at radius 2 is 1.69 bits per heavy atom. The molecule has 5 nitrogen and oxygen atoms in total. The maximum absolute atomic E-state index is 12.5. The molecule has 0 unspecified atom stereocenters. The third kappa shape index (κ3) is 3.78. The lowest BCUT2D eigenvalue weighted by Crippen LogP contribution is -2.36. The fourth-order valence-electron chi connectivity index (χ4n) is 3.39. The first-order valence-electron chi connectivity index (χ1n) is 9.14. The molecule has 1 amide bonds. The van der Waals surface area contributed by atoms with E-state index in [2.05, 4.69) is 34.3 Å². The average molecular weight is 349 g/mol. The summed E-state index contributed by atoms with van der Waals surface area (Å²) < 4.78 is 5.40. The molecule has 2 aromatic rings. The molecule has 26 heavy (non-hydrogen) atoms. The zero-order valence-corrected chi connectivity index (χ0v) is 14.8. The highest BCUT2D eigenvalue weighted by Crippen LogP contribution is 2.20. The summed E-state index contributed by atoms with van der Waals surface area (Å²) in [5, 5.41) is 6.17. The molecule has 2 aliphatic rings. The molecule has 0 saturated carbocycles. The molecule has 0 spiro atoms. The SMILES string of the molecule is O=C(Cc1ccccc1)N1CCC(c2ccc(N3CCOCC3)cc2)=N1. The van der Waals surface area contributed by atoms with Gasteiger partial charge < -0.3 is 9.64 Å². The van der Waals surface area contributed by atoms with E-state index in [-0.39, 0.29) is 5.91 Å². The van der Waals surface area contributed by atoms with E-state index in [9.17, 15) is 4.79 Å². The van der Waals surface area contributed by atoms with E-state index in [0.29, 0.717) is 13.0 Å². The van der Waals surface area contributed by atoms with Crippen molar-refractivity contribution in [1.82, 2.24) is 5.01 Å². The highest BCUT2D eigenvalue weighted by Gasteiger charge is 2.22. The Balaban J connectivity index is 1.41. The monoisotopic (exact) mass is 349 g/mol. The Bertz CT molecular complexity index is 781. The Hall–Kier alpha value is -2.66. The summed E-state index contributed by atoms with van der Waals surface area (Å²) in [4.78, 5) is 14.8. The third-order valence-electron chi connectivity index (χ3n) is 4.86. The highest BCUT2D eigenvalue weighted by atomic mass is 16.5. The van der Waals surface area contributed by atoms with Crippen molar-refractivity contribution in [1.29, 1.82) is 0 Å². The lowest BCUT2D eigenvalue weighted by Gasteiger charge is -2.28. The fourth-order valence-corrected chi connectivity index (χ4v) is 3.39. The molecule has 134 valence electrons. The van der Waals surface area contributed by atoms with Gasteiger partial charge in [-0.05, 0) is 23.3 Å². The van der Waals surface area contributed by atoms with Crippen LogP contribution >= 0.6 is 0 Å². The van der Waals surface area contributed by atoms with Crippen molar-refractivity contribution < 1.29 is 9.53 Å². The van der Waals surface area contributed by atoms with Gasteiger partial charge in [-0.25, -0.2) is 5.01 Å². The Morgan fingerprint density at radius 3 is 2.42 bits per heavy atom. The van der Waals surface area contributed by atoms with Gasteiger partial charge in [0.15, 0.2) is 0 Å². The molecule has 0 N–H and O–H groups in total. The second-order valence-electron chi connectivity index (χ2n) is 6.62. The number of hydrogen-bond donors (Lipinski definition) is 0. The van der Waals surface area contributed by atoms with Crippen LogP contribution in [-0.2, 0) is 16.0 Å². The van der Waals surface area contributed by atoms with E-state index in [0.717, 1.165) is 49.6 Å². The van der Waals surface area contributed by atoms with Crippen molar-refractivity contribution in [3.05, 3.63) is 65.7 Å². The first-order chi connectivity index (χ1) is 12.8. The van der Waals surface area contributed by atoms with E-state index in [1.165, 1.54) is 5.69 Å². The maximum atomic E-state index is 12.5. The van der Waals surface area contributed by atoms with Gasteiger partial charge in [-0.2, -0.15) is 5.10 Å². The van der Waals surface area contributed by atoms with Crippen LogP contribution < -0.4 is 4.90 Å². The van der Waals surface area contributed by atoms with Crippen LogP contribution in [0.3, 0.4) is 0 Å². The fraction of sp³-hybridized carbons (Fsp3) is 0.333. The molecule has 0 aliphatic carbocycles. The maximum Gasteiger partial charge on any atom is 0.247 e. The number of benzene rings is 2. The van der Waals surface area contributed by atoms with E-state index in [4.69, 9.17) is 4.74 Å². The molecule has 0 bridgehead atoms. The van der Waals surface area contributed by atoms with Gasteiger partial charge in [0.1, 0.15) is 0 Å².